The van der Waals surface area contributed by atoms with Crippen LogP contribution in [0, 0.1) is 5.82 Å². The Morgan fingerprint density at radius 1 is 1.50 bits per heavy atom. The maximum absolute atomic E-state index is 13.3. The first-order valence-electron chi connectivity index (χ1n) is 5.39. The molecule has 0 aliphatic heterocycles. The monoisotopic (exact) mass is 285 g/mol. The summed E-state index contributed by atoms with van der Waals surface area (Å²) in [5.41, 5.74) is 1.90. The van der Waals surface area contributed by atoms with Gasteiger partial charge in [0.05, 0.1) is 6.04 Å². The highest BCUT2D eigenvalue weighted by molar-refractivity contribution is 9.10. The average molecular weight is 286 g/mol. The molecule has 3 heteroatoms. The van der Waals surface area contributed by atoms with Gasteiger partial charge in [-0.1, -0.05) is 35.0 Å². The van der Waals surface area contributed by atoms with E-state index in [2.05, 4.69) is 34.7 Å². The van der Waals surface area contributed by atoms with Gasteiger partial charge in [-0.2, -0.15) is 0 Å². The van der Waals surface area contributed by atoms with Crippen molar-refractivity contribution in [3.8, 4) is 0 Å². The van der Waals surface area contributed by atoms with E-state index in [0.29, 0.717) is 0 Å². The van der Waals surface area contributed by atoms with E-state index in [4.69, 9.17) is 0 Å². The van der Waals surface area contributed by atoms with Crippen LogP contribution < -0.4 is 5.32 Å². The van der Waals surface area contributed by atoms with Crippen molar-refractivity contribution in [2.45, 2.75) is 26.3 Å². The van der Waals surface area contributed by atoms with E-state index in [1.807, 2.05) is 13.0 Å². The Morgan fingerprint density at radius 2 is 2.19 bits per heavy atom. The van der Waals surface area contributed by atoms with Gasteiger partial charge in [-0.25, -0.2) is 4.39 Å². The van der Waals surface area contributed by atoms with Crippen molar-refractivity contribution < 1.29 is 4.39 Å². The van der Waals surface area contributed by atoms with Gasteiger partial charge in [-0.15, -0.1) is 0 Å². The summed E-state index contributed by atoms with van der Waals surface area (Å²) in [6.07, 6.45) is 1.04. The standard InChI is InChI=1S/C13H17BrFN/c1-4-5-16-13(9(2)3)10-6-11(14)8-12(15)7-10/h6-8,13,16H,2,4-5H2,1,3H3. The highest BCUT2D eigenvalue weighted by Crippen LogP contribution is 2.24. The molecular weight excluding hydrogens is 269 g/mol. The van der Waals surface area contributed by atoms with Crippen LogP contribution in [0.3, 0.4) is 0 Å². The number of halogens is 2. The minimum atomic E-state index is -0.228. The van der Waals surface area contributed by atoms with E-state index in [9.17, 15) is 4.39 Å². The van der Waals surface area contributed by atoms with Gasteiger partial charge in [0.15, 0.2) is 0 Å². The second-order valence-electron chi connectivity index (χ2n) is 3.94. The lowest BCUT2D eigenvalue weighted by molar-refractivity contribution is 0.579. The molecule has 0 radical (unpaired) electrons. The number of nitrogens with one attached hydrogen (secondary N) is 1. The third-order valence-corrected chi connectivity index (χ3v) is 2.77. The number of hydrogen-bond donors (Lipinski definition) is 1. The SMILES string of the molecule is C=C(C)C(NCCC)c1cc(F)cc(Br)c1. The van der Waals surface area contributed by atoms with E-state index >= 15 is 0 Å². The molecule has 1 N–H and O–H groups in total. The van der Waals surface area contributed by atoms with Crippen LogP contribution in [0.15, 0.2) is 34.8 Å². The van der Waals surface area contributed by atoms with Crippen molar-refractivity contribution in [1.82, 2.24) is 5.32 Å². The van der Waals surface area contributed by atoms with E-state index < -0.39 is 0 Å². The summed E-state index contributed by atoms with van der Waals surface area (Å²) in [4.78, 5) is 0. The first kappa shape index (κ1) is 13.4. The smallest absolute Gasteiger partial charge is 0.124 e. The van der Waals surface area contributed by atoms with Crippen molar-refractivity contribution in [2.24, 2.45) is 0 Å². The summed E-state index contributed by atoms with van der Waals surface area (Å²) >= 11 is 3.30. The Morgan fingerprint density at radius 3 is 2.69 bits per heavy atom. The molecule has 0 saturated carbocycles. The molecular formula is C13H17BrFN. The molecule has 1 atom stereocenters. The lowest BCUT2D eigenvalue weighted by Gasteiger charge is -2.19. The van der Waals surface area contributed by atoms with Gasteiger partial charge in [0.1, 0.15) is 5.82 Å². The minimum Gasteiger partial charge on any atom is -0.307 e. The molecule has 0 saturated heterocycles. The minimum absolute atomic E-state index is 0.0203. The Labute approximate surface area is 105 Å². The van der Waals surface area contributed by atoms with Crippen LogP contribution in [0.2, 0.25) is 0 Å². The fraction of sp³-hybridized carbons (Fsp3) is 0.385. The first-order valence-corrected chi connectivity index (χ1v) is 6.18. The van der Waals surface area contributed by atoms with Gasteiger partial charge in [0.25, 0.3) is 0 Å². The summed E-state index contributed by atoms with van der Waals surface area (Å²) in [6.45, 7) is 8.89. The van der Waals surface area contributed by atoms with Crippen molar-refractivity contribution >= 4 is 15.9 Å². The Bertz CT molecular complexity index is 356. The van der Waals surface area contributed by atoms with E-state index in [1.165, 1.54) is 6.07 Å². The fourth-order valence-corrected chi connectivity index (χ4v) is 2.09. The fourth-order valence-electron chi connectivity index (χ4n) is 1.61. The van der Waals surface area contributed by atoms with Gasteiger partial charge in [-0.05, 0) is 43.7 Å². The summed E-state index contributed by atoms with van der Waals surface area (Å²) < 4.78 is 14.0. The Hall–Kier alpha value is -0.670. The van der Waals surface area contributed by atoms with Crippen molar-refractivity contribution in [1.29, 1.82) is 0 Å². The summed E-state index contributed by atoms with van der Waals surface area (Å²) in [6, 6.07) is 4.95. The number of hydrogen-bond acceptors (Lipinski definition) is 1. The highest BCUT2D eigenvalue weighted by Gasteiger charge is 2.12. The summed E-state index contributed by atoms with van der Waals surface area (Å²) in [5.74, 6) is -0.228. The van der Waals surface area contributed by atoms with Crippen LogP contribution in [-0.4, -0.2) is 6.54 Å². The van der Waals surface area contributed by atoms with Gasteiger partial charge < -0.3 is 5.32 Å². The third-order valence-electron chi connectivity index (χ3n) is 2.31. The molecule has 88 valence electrons. The highest BCUT2D eigenvalue weighted by atomic mass is 79.9. The van der Waals surface area contributed by atoms with Gasteiger partial charge in [0.2, 0.25) is 0 Å². The number of benzene rings is 1. The topological polar surface area (TPSA) is 12.0 Å². The molecule has 1 rings (SSSR count). The van der Waals surface area contributed by atoms with Crippen LogP contribution in [0.5, 0.6) is 0 Å². The normalized spacial score (nSPS) is 12.5. The molecule has 0 amide bonds. The molecule has 1 nitrogen and oxygen atoms in total. The molecule has 1 aromatic rings. The van der Waals surface area contributed by atoms with E-state index in [1.54, 1.807) is 6.07 Å². The van der Waals surface area contributed by atoms with Crippen LogP contribution in [0.1, 0.15) is 31.9 Å². The lowest BCUT2D eigenvalue weighted by Crippen LogP contribution is -2.22. The second kappa shape index (κ2) is 6.16. The van der Waals surface area contributed by atoms with Crippen LogP contribution >= 0.6 is 15.9 Å². The quantitative estimate of drug-likeness (QED) is 0.800. The van der Waals surface area contributed by atoms with E-state index in [-0.39, 0.29) is 11.9 Å². The van der Waals surface area contributed by atoms with Crippen molar-refractivity contribution in [3.63, 3.8) is 0 Å². The van der Waals surface area contributed by atoms with Gasteiger partial charge in [0, 0.05) is 4.47 Å². The molecule has 1 aromatic carbocycles. The largest absolute Gasteiger partial charge is 0.307 e. The third kappa shape index (κ3) is 3.72. The molecule has 16 heavy (non-hydrogen) atoms. The lowest BCUT2D eigenvalue weighted by atomic mass is 10.0. The second-order valence-corrected chi connectivity index (χ2v) is 4.85. The zero-order valence-electron chi connectivity index (χ0n) is 9.69. The van der Waals surface area contributed by atoms with Crippen molar-refractivity contribution in [2.75, 3.05) is 6.54 Å². The van der Waals surface area contributed by atoms with E-state index in [0.717, 1.165) is 28.6 Å². The molecule has 0 spiro atoms. The molecule has 0 heterocycles. The summed E-state index contributed by atoms with van der Waals surface area (Å²) in [5, 5.41) is 3.35. The molecule has 0 aliphatic rings. The van der Waals surface area contributed by atoms with Crippen LogP contribution in [0.25, 0.3) is 0 Å². The zero-order chi connectivity index (χ0) is 12.1. The molecule has 0 bridgehead atoms. The first-order chi connectivity index (χ1) is 7.54. The van der Waals surface area contributed by atoms with Crippen LogP contribution in [0.4, 0.5) is 4.39 Å². The molecule has 0 aromatic heterocycles. The molecule has 0 fully saturated rings. The van der Waals surface area contributed by atoms with Crippen LogP contribution in [-0.2, 0) is 0 Å². The molecule has 0 aliphatic carbocycles. The zero-order valence-corrected chi connectivity index (χ0v) is 11.3. The van der Waals surface area contributed by atoms with Gasteiger partial charge in [-0.3, -0.25) is 0 Å². The maximum atomic E-state index is 13.3. The number of rotatable bonds is 5. The molecule has 1 unspecified atom stereocenters. The predicted molar refractivity (Wildman–Crippen MR) is 69.9 cm³/mol. The maximum Gasteiger partial charge on any atom is 0.124 e. The predicted octanol–water partition coefficient (Wildman–Crippen LogP) is 4.21. The Balaban J connectivity index is 2.96. The van der Waals surface area contributed by atoms with Gasteiger partial charge >= 0.3 is 0 Å². The average Bonchev–Trinajstić information content (AvgIpc) is 2.16. The van der Waals surface area contributed by atoms with Crippen molar-refractivity contribution in [3.05, 3.63) is 46.2 Å². The summed E-state index contributed by atoms with van der Waals surface area (Å²) in [7, 11) is 0. The Kier molecular flexibility index (Phi) is 5.16.